The number of urea groups is 1. The Hall–Kier alpha value is -3.00. The lowest BCUT2D eigenvalue weighted by atomic mass is 10.2. The monoisotopic (exact) mass is 386 g/mol. The molecule has 2 heterocycles. The third kappa shape index (κ3) is 5.75. The third-order valence-corrected chi connectivity index (χ3v) is 4.33. The zero-order valence-electron chi connectivity index (χ0n) is 16.0. The number of benzene rings is 1. The van der Waals surface area contributed by atoms with Gasteiger partial charge in [-0.25, -0.2) is 9.78 Å². The number of carbonyl (C=O) groups excluding carboxylic acids is 1. The van der Waals surface area contributed by atoms with Gasteiger partial charge in [-0.2, -0.15) is 0 Å². The van der Waals surface area contributed by atoms with Crippen molar-refractivity contribution in [1.82, 2.24) is 15.6 Å². The van der Waals surface area contributed by atoms with E-state index >= 15 is 0 Å². The highest BCUT2D eigenvalue weighted by atomic mass is 16.5. The lowest BCUT2D eigenvalue weighted by molar-refractivity contribution is 0.122. The van der Waals surface area contributed by atoms with Crippen molar-refractivity contribution >= 4 is 11.8 Å². The molecule has 1 aliphatic rings. The second-order valence-corrected chi connectivity index (χ2v) is 6.22. The van der Waals surface area contributed by atoms with Crippen molar-refractivity contribution in [2.75, 3.05) is 51.5 Å². The molecule has 0 bridgehead atoms. The average Bonchev–Trinajstić information content (AvgIpc) is 2.76. The number of aromatic nitrogens is 1. The van der Waals surface area contributed by atoms with Gasteiger partial charge in [-0.1, -0.05) is 6.07 Å². The maximum Gasteiger partial charge on any atom is 0.315 e. The summed E-state index contributed by atoms with van der Waals surface area (Å²) in [7, 11) is 1.62. The van der Waals surface area contributed by atoms with Gasteiger partial charge in [-0.05, 0) is 30.3 Å². The number of morpholine rings is 1. The van der Waals surface area contributed by atoms with E-state index in [1.54, 1.807) is 13.3 Å². The molecule has 0 spiro atoms. The van der Waals surface area contributed by atoms with Crippen LogP contribution in [0.15, 0.2) is 42.6 Å². The van der Waals surface area contributed by atoms with Crippen molar-refractivity contribution in [1.29, 1.82) is 0 Å². The molecule has 8 nitrogen and oxygen atoms in total. The van der Waals surface area contributed by atoms with Crippen LogP contribution in [0.1, 0.15) is 5.56 Å². The van der Waals surface area contributed by atoms with Gasteiger partial charge in [0.05, 0.1) is 26.9 Å². The molecule has 0 unspecified atom stereocenters. The van der Waals surface area contributed by atoms with Gasteiger partial charge in [0.25, 0.3) is 0 Å². The first-order valence-corrected chi connectivity index (χ1v) is 9.31. The van der Waals surface area contributed by atoms with E-state index in [0.29, 0.717) is 32.9 Å². The fourth-order valence-corrected chi connectivity index (χ4v) is 2.87. The molecule has 28 heavy (non-hydrogen) atoms. The Morgan fingerprint density at radius 1 is 1.14 bits per heavy atom. The molecule has 1 saturated heterocycles. The van der Waals surface area contributed by atoms with Crippen molar-refractivity contribution in [3.05, 3.63) is 48.2 Å². The van der Waals surface area contributed by atoms with Crippen molar-refractivity contribution in [3.63, 3.8) is 0 Å². The molecule has 3 rings (SSSR count). The minimum Gasteiger partial charge on any atom is -0.497 e. The number of hydrogen-bond acceptors (Lipinski definition) is 6. The number of methoxy groups -OCH3 is 1. The Bertz CT molecular complexity index is 748. The zero-order chi connectivity index (χ0) is 19.6. The predicted molar refractivity (Wildman–Crippen MR) is 106 cm³/mol. The highest BCUT2D eigenvalue weighted by molar-refractivity contribution is 5.74. The summed E-state index contributed by atoms with van der Waals surface area (Å²) < 4.78 is 16.1. The van der Waals surface area contributed by atoms with Crippen LogP contribution in [0.4, 0.5) is 10.6 Å². The average molecular weight is 386 g/mol. The molecule has 1 aliphatic heterocycles. The maximum atomic E-state index is 12.1. The van der Waals surface area contributed by atoms with E-state index in [9.17, 15) is 4.79 Å². The van der Waals surface area contributed by atoms with Gasteiger partial charge in [0, 0.05) is 31.4 Å². The summed E-state index contributed by atoms with van der Waals surface area (Å²) in [6.07, 6.45) is 1.77. The van der Waals surface area contributed by atoms with Crippen LogP contribution in [0.25, 0.3) is 0 Å². The van der Waals surface area contributed by atoms with Gasteiger partial charge in [0.15, 0.2) is 0 Å². The summed E-state index contributed by atoms with van der Waals surface area (Å²) in [5.41, 5.74) is 0.981. The van der Waals surface area contributed by atoms with Crippen molar-refractivity contribution in [2.24, 2.45) is 0 Å². The van der Waals surface area contributed by atoms with Crippen LogP contribution in [0.5, 0.6) is 11.5 Å². The van der Waals surface area contributed by atoms with Gasteiger partial charge in [-0.15, -0.1) is 0 Å². The predicted octanol–water partition coefficient (Wildman–Crippen LogP) is 1.80. The first-order chi connectivity index (χ1) is 13.8. The quantitative estimate of drug-likeness (QED) is 0.673. The number of nitrogens with one attached hydrogen (secondary N) is 2. The number of anilines is 1. The van der Waals surface area contributed by atoms with Crippen LogP contribution in [0, 0.1) is 0 Å². The molecule has 1 aromatic carbocycles. The number of nitrogens with zero attached hydrogens (tertiary/aromatic N) is 2. The topological polar surface area (TPSA) is 85.0 Å². The summed E-state index contributed by atoms with van der Waals surface area (Å²) in [5, 5.41) is 5.66. The molecule has 1 aromatic heterocycles. The van der Waals surface area contributed by atoms with E-state index in [-0.39, 0.29) is 6.03 Å². The van der Waals surface area contributed by atoms with Crippen molar-refractivity contribution in [2.45, 2.75) is 6.54 Å². The molecule has 0 atom stereocenters. The van der Waals surface area contributed by atoms with Crippen LogP contribution in [-0.4, -0.2) is 57.6 Å². The minimum atomic E-state index is -0.241. The number of ether oxygens (including phenoxy) is 3. The molecule has 0 aliphatic carbocycles. The van der Waals surface area contributed by atoms with E-state index in [0.717, 1.165) is 36.0 Å². The van der Waals surface area contributed by atoms with Crippen LogP contribution in [0.2, 0.25) is 0 Å². The van der Waals surface area contributed by atoms with Gasteiger partial charge in [0.1, 0.15) is 23.9 Å². The number of pyridine rings is 1. The Kier molecular flexibility index (Phi) is 7.31. The van der Waals surface area contributed by atoms with E-state index in [2.05, 4.69) is 20.5 Å². The molecule has 150 valence electrons. The summed E-state index contributed by atoms with van der Waals surface area (Å²) >= 11 is 0. The first-order valence-electron chi connectivity index (χ1n) is 9.31. The third-order valence-electron chi connectivity index (χ3n) is 4.33. The molecular weight excluding hydrogens is 360 g/mol. The van der Waals surface area contributed by atoms with E-state index in [1.165, 1.54) is 0 Å². The second-order valence-electron chi connectivity index (χ2n) is 6.22. The van der Waals surface area contributed by atoms with Crippen LogP contribution >= 0.6 is 0 Å². The summed E-state index contributed by atoms with van der Waals surface area (Å²) in [4.78, 5) is 18.7. The molecule has 2 N–H and O–H groups in total. The fraction of sp³-hybridized carbons (Fsp3) is 0.400. The van der Waals surface area contributed by atoms with Gasteiger partial charge in [-0.3, -0.25) is 0 Å². The Balaban J connectivity index is 1.39. The summed E-state index contributed by atoms with van der Waals surface area (Å²) in [6.45, 7) is 4.19. The Labute approximate surface area is 164 Å². The lowest BCUT2D eigenvalue weighted by Gasteiger charge is -2.29. The number of carbonyl (C=O) groups is 1. The van der Waals surface area contributed by atoms with Gasteiger partial charge in [0.2, 0.25) is 0 Å². The van der Waals surface area contributed by atoms with Crippen LogP contribution in [-0.2, 0) is 11.3 Å². The molecule has 1 fully saturated rings. The Morgan fingerprint density at radius 3 is 2.64 bits per heavy atom. The van der Waals surface area contributed by atoms with E-state index in [4.69, 9.17) is 14.2 Å². The molecule has 8 heteroatoms. The SMILES string of the molecule is COc1ccc(OCCNC(=O)NCc2cccnc2N2CCOCC2)cc1. The van der Waals surface area contributed by atoms with Crippen LogP contribution < -0.4 is 25.0 Å². The Morgan fingerprint density at radius 2 is 1.89 bits per heavy atom. The zero-order valence-corrected chi connectivity index (χ0v) is 16.0. The van der Waals surface area contributed by atoms with Crippen molar-refractivity contribution < 1.29 is 19.0 Å². The lowest BCUT2D eigenvalue weighted by Crippen LogP contribution is -2.39. The van der Waals surface area contributed by atoms with Gasteiger partial charge < -0.3 is 29.7 Å². The molecule has 2 aromatic rings. The molecule has 0 radical (unpaired) electrons. The number of rotatable bonds is 8. The molecular formula is C20H26N4O4. The summed E-state index contributed by atoms with van der Waals surface area (Å²) in [6, 6.07) is 10.9. The number of amides is 2. The largest absolute Gasteiger partial charge is 0.497 e. The summed E-state index contributed by atoms with van der Waals surface area (Å²) in [5.74, 6) is 2.40. The highest BCUT2D eigenvalue weighted by Gasteiger charge is 2.16. The van der Waals surface area contributed by atoms with Crippen molar-refractivity contribution in [3.8, 4) is 11.5 Å². The fourth-order valence-electron chi connectivity index (χ4n) is 2.87. The smallest absolute Gasteiger partial charge is 0.315 e. The highest BCUT2D eigenvalue weighted by Crippen LogP contribution is 2.18. The second kappa shape index (κ2) is 10.4. The van der Waals surface area contributed by atoms with E-state index in [1.807, 2.05) is 36.4 Å². The van der Waals surface area contributed by atoms with E-state index < -0.39 is 0 Å². The normalized spacial score (nSPS) is 13.7. The molecule has 0 saturated carbocycles. The minimum absolute atomic E-state index is 0.241. The first kappa shape index (κ1) is 19.8. The molecule has 2 amide bonds. The van der Waals surface area contributed by atoms with Crippen LogP contribution in [0.3, 0.4) is 0 Å². The van der Waals surface area contributed by atoms with Gasteiger partial charge >= 0.3 is 6.03 Å². The standard InChI is InChI=1S/C20H26N4O4/c1-26-17-4-6-18(7-5-17)28-12-9-22-20(25)23-15-16-3-2-8-21-19(16)24-10-13-27-14-11-24/h2-8H,9-15H2,1H3,(H2,22,23,25). The number of hydrogen-bond donors (Lipinski definition) is 2. The maximum absolute atomic E-state index is 12.1.